The molecular weight excluding hydrogens is 464 g/mol. The minimum atomic E-state index is -5.08. The number of aliphatic carboxylic acids is 1. The quantitative estimate of drug-likeness (QED) is 0.408. The minimum Gasteiger partial charge on any atom is -0.475 e. The van der Waals surface area contributed by atoms with Crippen LogP contribution in [0.4, 0.5) is 17.6 Å². The predicted molar refractivity (Wildman–Crippen MR) is 122 cm³/mol. The second-order valence-corrected chi connectivity index (χ2v) is 8.01. The third-order valence-electron chi connectivity index (χ3n) is 5.44. The Hall–Kier alpha value is -3.72. The van der Waals surface area contributed by atoms with E-state index in [2.05, 4.69) is 10.6 Å². The van der Waals surface area contributed by atoms with Gasteiger partial charge in [0.25, 0.3) is 5.91 Å². The van der Waals surface area contributed by atoms with Crippen molar-refractivity contribution in [2.24, 2.45) is 0 Å². The van der Waals surface area contributed by atoms with E-state index in [1.807, 2.05) is 66.7 Å². The number of amides is 1. The van der Waals surface area contributed by atoms with Gasteiger partial charge in [0.05, 0.1) is 0 Å². The van der Waals surface area contributed by atoms with Crippen molar-refractivity contribution >= 4 is 11.9 Å². The Morgan fingerprint density at radius 2 is 1.49 bits per heavy atom. The maximum atomic E-state index is 13.7. The number of carboxylic acid groups (broad SMARTS) is 1. The average molecular weight is 488 g/mol. The number of hydrogen-bond acceptors (Lipinski definition) is 3. The molecule has 0 bridgehead atoms. The first-order valence-electron chi connectivity index (χ1n) is 10.8. The molecule has 0 heterocycles. The molecule has 0 aliphatic heterocycles. The van der Waals surface area contributed by atoms with E-state index in [1.165, 1.54) is 11.6 Å². The molecule has 3 aromatic carbocycles. The van der Waals surface area contributed by atoms with Gasteiger partial charge in [-0.25, -0.2) is 9.18 Å². The summed E-state index contributed by atoms with van der Waals surface area (Å²) >= 11 is 0. The molecule has 4 rings (SSSR count). The van der Waals surface area contributed by atoms with E-state index in [0.29, 0.717) is 36.2 Å². The van der Waals surface area contributed by atoms with Crippen LogP contribution < -0.4 is 10.6 Å². The number of rotatable bonds is 7. The van der Waals surface area contributed by atoms with E-state index in [9.17, 15) is 22.4 Å². The lowest BCUT2D eigenvalue weighted by Gasteiger charge is -2.08. The van der Waals surface area contributed by atoms with Crippen molar-refractivity contribution < 1.29 is 32.3 Å². The molecule has 3 N–H and O–H groups in total. The second-order valence-electron chi connectivity index (χ2n) is 8.01. The number of carbonyl (C=O) groups excluding carboxylic acids is 1. The molecule has 1 fully saturated rings. The highest BCUT2D eigenvalue weighted by molar-refractivity contribution is 5.94. The average Bonchev–Trinajstić information content (AvgIpc) is 3.62. The molecule has 5 nitrogen and oxygen atoms in total. The maximum Gasteiger partial charge on any atom is 0.490 e. The molecule has 0 unspecified atom stereocenters. The summed E-state index contributed by atoms with van der Waals surface area (Å²) in [6, 6.07) is 24.9. The van der Waals surface area contributed by atoms with Gasteiger partial charge in [-0.05, 0) is 35.7 Å². The van der Waals surface area contributed by atoms with Gasteiger partial charge < -0.3 is 15.7 Å². The summed E-state index contributed by atoms with van der Waals surface area (Å²) < 4.78 is 45.4. The van der Waals surface area contributed by atoms with E-state index in [1.54, 1.807) is 6.07 Å². The van der Waals surface area contributed by atoms with Crippen LogP contribution in [0.1, 0.15) is 39.4 Å². The Bertz CT molecular complexity index is 1140. The molecule has 1 saturated carbocycles. The largest absolute Gasteiger partial charge is 0.490 e. The molecule has 0 aromatic heterocycles. The molecule has 1 amide bonds. The number of hydrogen-bond donors (Lipinski definition) is 3. The molecule has 1 aliphatic rings. The highest BCUT2D eigenvalue weighted by atomic mass is 19.4. The maximum absolute atomic E-state index is 13.7. The first-order chi connectivity index (χ1) is 16.6. The van der Waals surface area contributed by atoms with Crippen LogP contribution in [0, 0.1) is 5.82 Å². The number of alkyl halides is 3. The van der Waals surface area contributed by atoms with Crippen molar-refractivity contribution in [2.45, 2.75) is 37.6 Å². The first kappa shape index (κ1) is 25.9. The number of carboxylic acids is 1. The van der Waals surface area contributed by atoms with Gasteiger partial charge in [-0.2, -0.15) is 13.2 Å². The summed E-state index contributed by atoms with van der Waals surface area (Å²) in [5.41, 5.74) is 3.65. The Morgan fingerprint density at radius 3 is 2.09 bits per heavy atom. The van der Waals surface area contributed by atoms with Gasteiger partial charge in [-0.15, -0.1) is 0 Å². The predicted octanol–water partition coefficient (Wildman–Crippen LogP) is 5.03. The van der Waals surface area contributed by atoms with E-state index < -0.39 is 12.1 Å². The Kier molecular flexibility index (Phi) is 8.59. The van der Waals surface area contributed by atoms with Gasteiger partial charge in [-0.1, -0.05) is 60.7 Å². The lowest BCUT2D eigenvalue weighted by Crippen LogP contribution is -2.22. The van der Waals surface area contributed by atoms with Crippen molar-refractivity contribution in [2.75, 3.05) is 0 Å². The zero-order valence-corrected chi connectivity index (χ0v) is 18.6. The van der Waals surface area contributed by atoms with Crippen LogP contribution in [0.5, 0.6) is 0 Å². The monoisotopic (exact) mass is 488 g/mol. The normalized spacial score (nSPS) is 16.6. The van der Waals surface area contributed by atoms with Crippen LogP contribution in [0.25, 0.3) is 0 Å². The van der Waals surface area contributed by atoms with Crippen molar-refractivity contribution in [3.05, 3.63) is 107 Å². The number of carbonyl (C=O) groups is 2. The Balaban J connectivity index is 0.000000429. The van der Waals surface area contributed by atoms with E-state index in [-0.39, 0.29) is 11.7 Å². The molecule has 3 aromatic rings. The van der Waals surface area contributed by atoms with Gasteiger partial charge in [-0.3, -0.25) is 4.79 Å². The first-order valence-corrected chi connectivity index (χ1v) is 10.8. The van der Waals surface area contributed by atoms with Gasteiger partial charge in [0.1, 0.15) is 5.82 Å². The fourth-order valence-electron chi connectivity index (χ4n) is 3.43. The van der Waals surface area contributed by atoms with Crippen molar-refractivity contribution in [1.82, 2.24) is 10.6 Å². The van der Waals surface area contributed by atoms with Gasteiger partial charge in [0, 0.05) is 36.2 Å². The fourth-order valence-corrected chi connectivity index (χ4v) is 3.43. The standard InChI is InChI=1S/C24H23FN2O.C2HF3O2/c25-22-9-5-4-8-20(22)16-26-23-14-21(23)18-10-12-19(13-11-18)24(28)27-15-17-6-2-1-3-7-17;3-2(4,5)1(6)7/h1-13,21,23,26H,14-16H2,(H,27,28);(H,6,7)/t21-,23+;/m0./s1. The zero-order valence-electron chi connectivity index (χ0n) is 18.6. The summed E-state index contributed by atoms with van der Waals surface area (Å²) in [6.07, 6.45) is -4.05. The van der Waals surface area contributed by atoms with Crippen LogP contribution >= 0.6 is 0 Å². The van der Waals surface area contributed by atoms with Crippen LogP contribution in [-0.2, 0) is 17.9 Å². The molecule has 0 spiro atoms. The summed E-state index contributed by atoms with van der Waals surface area (Å²) in [5, 5.41) is 13.5. The summed E-state index contributed by atoms with van der Waals surface area (Å²) in [5.74, 6) is -2.57. The van der Waals surface area contributed by atoms with Gasteiger partial charge in [0.15, 0.2) is 0 Å². The van der Waals surface area contributed by atoms with E-state index >= 15 is 0 Å². The van der Waals surface area contributed by atoms with Crippen molar-refractivity contribution in [3.8, 4) is 0 Å². The van der Waals surface area contributed by atoms with Crippen molar-refractivity contribution in [3.63, 3.8) is 0 Å². The zero-order chi connectivity index (χ0) is 25.4. The number of nitrogens with one attached hydrogen (secondary N) is 2. The van der Waals surface area contributed by atoms with Crippen molar-refractivity contribution in [1.29, 1.82) is 0 Å². The molecule has 2 atom stereocenters. The molecule has 35 heavy (non-hydrogen) atoms. The van der Waals surface area contributed by atoms with E-state index in [0.717, 1.165) is 12.0 Å². The molecule has 9 heteroatoms. The van der Waals surface area contributed by atoms with Crippen LogP contribution in [0.15, 0.2) is 78.9 Å². The van der Waals surface area contributed by atoms with Crippen LogP contribution in [-0.4, -0.2) is 29.2 Å². The number of halogens is 4. The second kappa shape index (κ2) is 11.6. The molecule has 1 aliphatic carbocycles. The van der Waals surface area contributed by atoms with Gasteiger partial charge >= 0.3 is 12.1 Å². The lowest BCUT2D eigenvalue weighted by molar-refractivity contribution is -0.192. The Labute approximate surface area is 199 Å². The third-order valence-corrected chi connectivity index (χ3v) is 5.44. The summed E-state index contributed by atoms with van der Waals surface area (Å²) in [6.45, 7) is 1.06. The van der Waals surface area contributed by atoms with Crippen LogP contribution in [0.3, 0.4) is 0 Å². The summed E-state index contributed by atoms with van der Waals surface area (Å²) in [4.78, 5) is 21.2. The highest BCUT2D eigenvalue weighted by Crippen LogP contribution is 2.41. The van der Waals surface area contributed by atoms with Gasteiger partial charge in [0.2, 0.25) is 0 Å². The molecule has 0 radical (unpaired) electrons. The minimum absolute atomic E-state index is 0.0690. The molecule has 0 saturated heterocycles. The van der Waals surface area contributed by atoms with E-state index in [4.69, 9.17) is 9.90 Å². The van der Waals surface area contributed by atoms with Crippen LogP contribution in [0.2, 0.25) is 0 Å². The highest BCUT2D eigenvalue weighted by Gasteiger charge is 2.38. The summed E-state index contributed by atoms with van der Waals surface area (Å²) in [7, 11) is 0. The lowest BCUT2D eigenvalue weighted by atomic mass is 10.1. The molecular formula is C26H24F4N2O3. The topological polar surface area (TPSA) is 78.4 Å². The molecule has 184 valence electrons. The SMILES string of the molecule is O=C(NCc1ccccc1)c1ccc([C@@H]2C[C@H]2NCc2ccccc2F)cc1.O=C(O)C(F)(F)F. The Morgan fingerprint density at radius 1 is 0.886 bits per heavy atom. The smallest absolute Gasteiger partial charge is 0.475 e. The fraction of sp³-hybridized carbons (Fsp3) is 0.231. The third kappa shape index (κ3) is 7.92. The number of benzene rings is 3.